The Kier molecular flexibility index (Phi) is 4.56. The van der Waals surface area contributed by atoms with Crippen molar-refractivity contribution in [1.29, 1.82) is 0 Å². The zero-order valence-corrected chi connectivity index (χ0v) is 15.3. The zero-order valence-electron chi connectivity index (χ0n) is 15.3. The normalized spacial score (nSPS) is 17.1. The van der Waals surface area contributed by atoms with Crippen LogP contribution < -0.4 is 0 Å². The van der Waals surface area contributed by atoms with Crippen LogP contribution in [0.3, 0.4) is 0 Å². The summed E-state index contributed by atoms with van der Waals surface area (Å²) in [4.78, 5) is 30.0. The molecule has 3 aromatic rings. The summed E-state index contributed by atoms with van der Waals surface area (Å²) < 4.78 is 51.7. The van der Waals surface area contributed by atoms with Crippen molar-refractivity contribution in [2.45, 2.75) is 25.1 Å². The van der Waals surface area contributed by atoms with Crippen molar-refractivity contribution in [3.63, 3.8) is 0 Å². The molecule has 0 N–H and O–H groups in total. The topological polar surface area (TPSA) is 77.0 Å². The van der Waals surface area contributed by atoms with Gasteiger partial charge in [0, 0.05) is 30.1 Å². The average molecular weight is 407 g/mol. The first-order chi connectivity index (χ1) is 13.8. The van der Waals surface area contributed by atoms with Crippen LogP contribution in [0.1, 0.15) is 28.9 Å². The minimum absolute atomic E-state index is 0.171. The summed E-state index contributed by atoms with van der Waals surface area (Å²) in [5.74, 6) is -1.17. The Morgan fingerprint density at radius 1 is 1.28 bits per heavy atom. The molecule has 1 saturated heterocycles. The van der Waals surface area contributed by atoms with Gasteiger partial charge in [0.25, 0.3) is 5.91 Å². The van der Waals surface area contributed by atoms with Crippen LogP contribution in [0.5, 0.6) is 0 Å². The van der Waals surface area contributed by atoms with E-state index in [2.05, 4.69) is 4.98 Å². The minimum Gasteiger partial charge on any atom is -0.472 e. The number of furan rings is 1. The number of nitrogens with zero attached hydrogens (tertiary/aromatic N) is 3. The van der Waals surface area contributed by atoms with Crippen LogP contribution in [-0.4, -0.2) is 45.9 Å². The molecule has 0 bridgehead atoms. The lowest BCUT2D eigenvalue weighted by Crippen LogP contribution is -2.41. The van der Waals surface area contributed by atoms with E-state index >= 15 is 0 Å². The van der Waals surface area contributed by atoms with Gasteiger partial charge >= 0.3 is 12.1 Å². The molecule has 3 aromatic heterocycles. The number of alkyl halides is 3. The number of carbonyl (C=O) groups excluding carboxylic acids is 2. The number of likely N-dealkylation sites (tertiary alicyclic amines) is 1. The van der Waals surface area contributed by atoms with Crippen LogP contribution in [0.15, 0.2) is 41.5 Å². The Morgan fingerprint density at radius 3 is 2.72 bits per heavy atom. The number of halogens is 3. The number of methoxy groups -OCH3 is 1. The molecular weight excluding hydrogens is 391 g/mol. The van der Waals surface area contributed by atoms with Gasteiger partial charge in [0.2, 0.25) is 0 Å². The summed E-state index contributed by atoms with van der Waals surface area (Å²) in [6, 6.07) is 1.74. The number of imidazole rings is 1. The number of amides is 1. The molecule has 1 aliphatic rings. The lowest BCUT2D eigenvalue weighted by atomic mass is 10.1. The van der Waals surface area contributed by atoms with Crippen molar-refractivity contribution < 1.29 is 31.9 Å². The molecule has 0 saturated carbocycles. The van der Waals surface area contributed by atoms with Crippen molar-refractivity contribution in [3.8, 4) is 11.1 Å². The van der Waals surface area contributed by atoms with E-state index in [-0.39, 0.29) is 16.9 Å². The summed E-state index contributed by atoms with van der Waals surface area (Å²) in [6.45, 7) is 0.304. The van der Waals surface area contributed by atoms with Crippen molar-refractivity contribution in [1.82, 2.24) is 14.3 Å². The lowest BCUT2D eigenvalue weighted by Gasteiger charge is -2.21. The monoisotopic (exact) mass is 407 g/mol. The molecule has 1 unspecified atom stereocenters. The molecule has 1 fully saturated rings. The Labute approximate surface area is 162 Å². The van der Waals surface area contributed by atoms with Crippen molar-refractivity contribution in [2.24, 2.45) is 0 Å². The smallest absolute Gasteiger partial charge is 0.420 e. The second kappa shape index (κ2) is 6.94. The fourth-order valence-corrected chi connectivity index (χ4v) is 3.53. The average Bonchev–Trinajstić information content (AvgIpc) is 3.44. The van der Waals surface area contributed by atoms with E-state index in [0.717, 1.165) is 6.07 Å². The maximum Gasteiger partial charge on any atom is 0.420 e. The van der Waals surface area contributed by atoms with E-state index in [1.165, 1.54) is 47.4 Å². The van der Waals surface area contributed by atoms with Gasteiger partial charge in [0.05, 0.1) is 25.2 Å². The number of carbonyl (C=O) groups is 2. The lowest BCUT2D eigenvalue weighted by molar-refractivity contribution is -0.145. The van der Waals surface area contributed by atoms with Gasteiger partial charge in [-0.25, -0.2) is 9.78 Å². The fourth-order valence-electron chi connectivity index (χ4n) is 3.53. The molecule has 29 heavy (non-hydrogen) atoms. The van der Waals surface area contributed by atoms with Crippen molar-refractivity contribution in [2.75, 3.05) is 13.7 Å². The number of fused-ring (bicyclic) bond motifs is 1. The molecule has 1 amide bonds. The molecular formula is C19H16F3N3O4. The first-order valence-corrected chi connectivity index (χ1v) is 8.81. The Hall–Kier alpha value is -3.30. The second-order valence-electron chi connectivity index (χ2n) is 6.69. The van der Waals surface area contributed by atoms with E-state index in [4.69, 9.17) is 9.15 Å². The third-order valence-electron chi connectivity index (χ3n) is 4.92. The van der Waals surface area contributed by atoms with E-state index < -0.39 is 29.7 Å². The van der Waals surface area contributed by atoms with Crippen LogP contribution in [0.2, 0.25) is 0 Å². The highest BCUT2D eigenvalue weighted by Crippen LogP contribution is 2.35. The van der Waals surface area contributed by atoms with E-state index in [0.29, 0.717) is 24.9 Å². The molecule has 10 heteroatoms. The summed E-state index contributed by atoms with van der Waals surface area (Å²) in [5, 5.41) is 0. The van der Waals surface area contributed by atoms with Crippen molar-refractivity contribution >= 4 is 17.5 Å². The Bertz CT molecular complexity index is 1070. The molecule has 4 heterocycles. The maximum absolute atomic E-state index is 13.6. The van der Waals surface area contributed by atoms with Gasteiger partial charge in [0.1, 0.15) is 17.4 Å². The van der Waals surface area contributed by atoms with E-state index in [1.807, 2.05) is 0 Å². The predicted octanol–water partition coefficient (Wildman–Crippen LogP) is 3.39. The largest absolute Gasteiger partial charge is 0.472 e. The van der Waals surface area contributed by atoms with Gasteiger partial charge in [-0.1, -0.05) is 0 Å². The molecule has 0 spiro atoms. The van der Waals surface area contributed by atoms with Gasteiger partial charge < -0.3 is 18.5 Å². The number of ether oxygens (including phenoxy) is 1. The number of aromatic nitrogens is 2. The first-order valence-electron chi connectivity index (χ1n) is 8.81. The predicted molar refractivity (Wildman–Crippen MR) is 94.0 cm³/mol. The molecule has 0 aliphatic carbocycles. The molecule has 0 radical (unpaired) electrons. The molecule has 1 atom stereocenters. The number of hydrogen-bond donors (Lipinski definition) is 0. The second-order valence-corrected chi connectivity index (χ2v) is 6.69. The van der Waals surface area contributed by atoms with Gasteiger partial charge in [-0.2, -0.15) is 13.2 Å². The molecule has 4 rings (SSSR count). The van der Waals surface area contributed by atoms with Crippen LogP contribution in [-0.2, 0) is 15.7 Å². The third kappa shape index (κ3) is 3.34. The van der Waals surface area contributed by atoms with Gasteiger partial charge in [0.15, 0.2) is 0 Å². The number of rotatable bonds is 3. The zero-order chi connectivity index (χ0) is 20.8. The highest BCUT2D eigenvalue weighted by Gasteiger charge is 2.38. The molecule has 7 nitrogen and oxygen atoms in total. The quantitative estimate of drug-likeness (QED) is 0.622. The van der Waals surface area contributed by atoms with Crippen LogP contribution in [0.4, 0.5) is 13.2 Å². The van der Waals surface area contributed by atoms with Gasteiger partial charge in [-0.05, 0) is 25.0 Å². The summed E-state index contributed by atoms with van der Waals surface area (Å²) >= 11 is 0. The standard InChI is InChI=1S/C19H16F3N3O4/c1-28-18(27)15-3-2-5-25(15)17(26)14-9-24-8-12(11-4-6-29-10-11)7-13(16(24)23-14)19(20,21)22/h4,6-10,15H,2-3,5H2,1H3. The highest BCUT2D eigenvalue weighted by molar-refractivity contribution is 5.96. The third-order valence-corrected chi connectivity index (χ3v) is 4.92. The molecule has 1 aliphatic heterocycles. The molecule has 152 valence electrons. The van der Waals surface area contributed by atoms with Crippen molar-refractivity contribution in [3.05, 3.63) is 48.3 Å². The summed E-state index contributed by atoms with van der Waals surface area (Å²) in [5.41, 5.74) is -0.799. The van der Waals surface area contributed by atoms with E-state index in [1.54, 1.807) is 0 Å². The Balaban J connectivity index is 1.79. The number of pyridine rings is 1. The van der Waals surface area contributed by atoms with Crippen LogP contribution in [0.25, 0.3) is 16.8 Å². The molecule has 0 aromatic carbocycles. The minimum atomic E-state index is -4.67. The first kappa shape index (κ1) is 19.0. The van der Waals surface area contributed by atoms with Gasteiger partial charge in [-0.15, -0.1) is 0 Å². The van der Waals surface area contributed by atoms with Gasteiger partial charge in [-0.3, -0.25) is 4.79 Å². The maximum atomic E-state index is 13.6. The summed E-state index contributed by atoms with van der Waals surface area (Å²) in [6.07, 6.45) is 1.73. The number of esters is 1. The fraction of sp³-hybridized carbons (Fsp3) is 0.316. The van der Waals surface area contributed by atoms with Crippen LogP contribution >= 0.6 is 0 Å². The van der Waals surface area contributed by atoms with Crippen LogP contribution in [0, 0.1) is 0 Å². The summed E-state index contributed by atoms with van der Waals surface area (Å²) in [7, 11) is 1.22. The SMILES string of the molecule is COC(=O)C1CCCN1C(=O)c1cn2cc(-c3ccoc3)cc(C(F)(F)F)c2n1. The van der Waals surface area contributed by atoms with E-state index in [9.17, 15) is 22.8 Å². The highest BCUT2D eigenvalue weighted by atomic mass is 19.4. The number of hydrogen-bond acceptors (Lipinski definition) is 5. The Morgan fingerprint density at radius 2 is 2.07 bits per heavy atom.